The third-order valence-corrected chi connectivity index (χ3v) is 7.74. The quantitative estimate of drug-likeness (QED) is 0.454. The first-order chi connectivity index (χ1) is 18.4. The number of alkyl halides is 1. The second-order valence-electron chi connectivity index (χ2n) is 11.4. The number of pyridine rings is 3. The zero-order valence-electron chi connectivity index (χ0n) is 22.3. The summed E-state index contributed by atoms with van der Waals surface area (Å²) < 4.78 is 25.6. The van der Waals surface area contributed by atoms with E-state index in [1.807, 2.05) is 33.8 Å². The highest BCUT2D eigenvalue weighted by Crippen LogP contribution is 2.42. The van der Waals surface area contributed by atoms with Crippen LogP contribution in [0.1, 0.15) is 68.1 Å². The third kappa shape index (κ3) is 4.54. The molecule has 2 fully saturated rings. The molecule has 5 heterocycles. The smallest absolute Gasteiger partial charge is 0.340 e. The lowest BCUT2D eigenvalue weighted by Gasteiger charge is -2.39. The molecule has 3 aromatic heterocycles. The molecule has 39 heavy (non-hydrogen) atoms. The van der Waals surface area contributed by atoms with Crippen LogP contribution in [0.3, 0.4) is 0 Å². The minimum atomic E-state index is -1.68. The Bertz CT molecular complexity index is 1500. The van der Waals surface area contributed by atoms with Crippen molar-refractivity contribution < 1.29 is 23.5 Å². The van der Waals surface area contributed by atoms with Crippen molar-refractivity contribution in [2.45, 2.75) is 69.9 Å². The van der Waals surface area contributed by atoms with Crippen molar-refractivity contribution in [3.8, 4) is 5.88 Å². The van der Waals surface area contributed by atoms with E-state index in [1.165, 1.54) is 4.90 Å². The summed E-state index contributed by atoms with van der Waals surface area (Å²) in [5.74, 6) is 0.600. The van der Waals surface area contributed by atoms with E-state index < -0.39 is 17.1 Å². The molecule has 6 rings (SSSR count). The summed E-state index contributed by atoms with van der Waals surface area (Å²) in [5, 5.41) is 4.72. The van der Waals surface area contributed by atoms with Crippen molar-refractivity contribution >= 4 is 34.3 Å². The number of amides is 1. The van der Waals surface area contributed by atoms with E-state index in [1.54, 1.807) is 24.5 Å². The fourth-order valence-electron chi connectivity index (χ4n) is 4.98. The molecule has 204 valence electrons. The van der Waals surface area contributed by atoms with Crippen LogP contribution in [-0.4, -0.2) is 62.7 Å². The van der Waals surface area contributed by atoms with Gasteiger partial charge in [0.15, 0.2) is 5.67 Å². The van der Waals surface area contributed by atoms with Gasteiger partial charge in [0.25, 0.3) is 5.91 Å². The monoisotopic (exact) mass is 534 g/mol. The first kappa shape index (κ1) is 25.4. The molecule has 1 amide bonds. The van der Waals surface area contributed by atoms with Crippen molar-refractivity contribution in [2.75, 3.05) is 18.4 Å². The average molecular weight is 535 g/mol. The SMILES string of the molecule is C[C@@H]1OC(=O)c2ccc(Nc3cc4c(C(C)(C)N)cnc(OC5CN(C(=O)C6(F)CC6)C5)c4cn3)nc2[C@H]1C. The minimum Gasteiger partial charge on any atom is -0.470 e. The van der Waals surface area contributed by atoms with Gasteiger partial charge in [-0.05, 0) is 62.8 Å². The molecule has 1 aliphatic carbocycles. The Kier molecular flexibility index (Phi) is 5.76. The summed E-state index contributed by atoms with van der Waals surface area (Å²) in [6, 6.07) is 5.30. The predicted octanol–water partition coefficient (Wildman–Crippen LogP) is 3.72. The first-order valence-electron chi connectivity index (χ1n) is 13.1. The van der Waals surface area contributed by atoms with Gasteiger partial charge in [-0.1, -0.05) is 6.92 Å². The number of carbonyl (C=O) groups excluding carboxylic acids is 2. The zero-order valence-corrected chi connectivity index (χ0v) is 22.3. The largest absolute Gasteiger partial charge is 0.470 e. The Morgan fingerprint density at radius 2 is 1.92 bits per heavy atom. The van der Waals surface area contributed by atoms with Gasteiger partial charge in [0.05, 0.1) is 29.7 Å². The number of carbonyl (C=O) groups is 2. The Morgan fingerprint density at radius 1 is 1.18 bits per heavy atom. The average Bonchev–Trinajstić information content (AvgIpc) is 3.61. The molecule has 0 bridgehead atoms. The lowest BCUT2D eigenvalue weighted by Crippen LogP contribution is -2.58. The van der Waals surface area contributed by atoms with E-state index in [4.69, 9.17) is 15.2 Å². The topological polar surface area (TPSA) is 133 Å². The highest BCUT2D eigenvalue weighted by atomic mass is 19.1. The van der Waals surface area contributed by atoms with E-state index in [2.05, 4.69) is 20.3 Å². The van der Waals surface area contributed by atoms with Gasteiger partial charge in [-0.2, -0.15) is 0 Å². The molecule has 0 radical (unpaired) electrons. The number of nitrogens with zero attached hydrogens (tertiary/aromatic N) is 4. The molecule has 11 heteroatoms. The maximum atomic E-state index is 14.1. The Balaban J connectivity index is 1.27. The number of hydrogen-bond donors (Lipinski definition) is 2. The summed E-state index contributed by atoms with van der Waals surface area (Å²) in [6.45, 7) is 8.25. The lowest BCUT2D eigenvalue weighted by atomic mass is 9.93. The molecular formula is C28H31FN6O4. The zero-order chi connectivity index (χ0) is 27.7. The number of hydrogen-bond acceptors (Lipinski definition) is 9. The van der Waals surface area contributed by atoms with Crippen LogP contribution in [0.2, 0.25) is 0 Å². The van der Waals surface area contributed by atoms with E-state index >= 15 is 0 Å². The van der Waals surface area contributed by atoms with Crippen molar-refractivity contribution in [3.63, 3.8) is 0 Å². The number of nitrogens with one attached hydrogen (secondary N) is 1. The number of cyclic esters (lactones) is 1. The fourth-order valence-corrected chi connectivity index (χ4v) is 4.98. The van der Waals surface area contributed by atoms with E-state index in [9.17, 15) is 14.0 Å². The number of fused-ring (bicyclic) bond motifs is 2. The number of nitrogens with two attached hydrogens (primary N) is 1. The van der Waals surface area contributed by atoms with Crippen LogP contribution in [0.5, 0.6) is 5.88 Å². The van der Waals surface area contributed by atoms with Crippen molar-refractivity contribution in [1.82, 2.24) is 19.9 Å². The van der Waals surface area contributed by atoms with Crippen LogP contribution >= 0.6 is 0 Å². The summed E-state index contributed by atoms with van der Waals surface area (Å²) in [4.78, 5) is 39.7. The van der Waals surface area contributed by atoms with Gasteiger partial charge in [-0.3, -0.25) is 4.79 Å². The van der Waals surface area contributed by atoms with E-state index in [0.29, 0.717) is 60.1 Å². The summed E-state index contributed by atoms with van der Waals surface area (Å²) >= 11 is 0. The fraction of sp³-hybridized carbons (Fsp3) is 0.464. The highest BCUT2D eigenvalue weighted by molar-refractivity contribution is 5.93. The molecule has 0 unspecified atom stereocenters. The number of esters is 1. The van der Waals surface area contributed by atoms with Crippen LogP contribution in [0.4, 0.5) is 16.0 Å². The number of halogens is 1. The van der Waals surface area contributed by atoms with Crippen LogP contribution in [-0.2, 0) is 15.1 Å². The van der Waals surface area contributed by atoms with Gasteiger partial charge < -0.3 is 25.4 Å². The molecule has 0 aromatic carbocycles. The third-order valence-electron chi connectivity index (χ3n) is 7.74. The summed E-state index contributed by atoms with van der Waals surface area (Å²) in [6.07, 6.45) is 3.40. The molecule has 3 N–H and O–H groups in total. The maximum Gasteiger partial charge on any atom is 0.340 e. The minimum absolute atomic E-state index is 0.0446. The standard InChI is InChI=1S/C28H31FN6O4/c1-14-15(2)38-25(36)17-5-6-21(34-23(14)17)33-22-9-18-19(10-31-22)24(32-11-20(18)27(3,4)30)39-16-12-35(13-16)26(37)28(29)7-8-28/h5-6,9-11,14-16H,7-8,12-13,30H2,1-4H3,(H,31,33,34)/t14-,15-/m0/s1. The second kappa shape index (κ2) is 8.84. The molecular weight excluding hydrogens is 503 g/mol. The van der Waals surface area contributed by atoms with Gasteiger partial charge in [0.2, 0.25) is 5.88 Å². The molecule has 0 spiro atoms. The lowest BCUT2D eigenvalue weighted by molar-refractivity contribution is -0.147. The molecule has 3 aromatic rings. The molecule has 3 aliphatic rings. The van der Waals surface area contributed by atoms with Gasteiger partial charge >= 0.3 is 5.97 Å². The van der Waals surface area contributed by atoms with Gasteiger partial charge in [0.1, 0.15) is 23.8 Å². The number of aromatic nitrogens is 3. The molecule has 1 saturated carbocycles. The van der Waals surface area contributed by atoms with Gasteiger partial charge in [-0.15, -0.1) is 0 Å². The van der Waals surface area contributed by atoms with Crippen LogP contribution in [0, 0.1) is 0 Å². The van der Waals surface area contributed by atoms with Crippen molar-refractivity contribution in [3.05, 3.63) is 47.4 Å². The molecule has 2 atom stereocenters. The Morgan fingerprint density at radius 3 is 2.62 bits per heavy atom. The van der Waals surface area contributed by atoms with Gasteiger partial charge in [-0.25, -0.2) is 24.1 Å². The molecule has 2 aliphatic heterocycles. The molecule has 1 saturated heterocycles. The number of likely N-dealkylation sites (tertiary alicyclic amines) is 1. The van der Waals surface area contributed by atoms with Crippen molar-refractivity contribution in [2.24, 2.45) is 5.73 Å². The van der Waals surface area contributed by atoms with Crippen LogP contribution in [0.25, 0.3) is 10.8 Å². The van der Waals surface area contributed by atoms with E-state index in [0.717, 1.165) is 10.9 Å². The van der Waals surface area contributed by atoms with Crippen molar-refractivity contribution in [1.29, 1.82) is 0 Å². The van der Waals surface area contributed by atoms with Crippen LogP contribution < -0.4 is 15.8 Å². The Labute approximate surface area is 225 Å². The summed E-state index contributed by atoms with van der Waals surface area (Å²) in [5.41, 5.74) is 6.05. The molecule has 10 nitrogen and oxygen atoms in total. The van der Waals surface area contributed by atoms with E-state index in [-0.39, 0.29) is 24.1 Å². The first-order valence-corrected chi connectivity index (χ1v) is 13.1. The maximum absolute atomic E-state index is 14.1. The predicted molar refractivity (Wildman–Crippen MR) is 142 cm³/mol. The number of ether oxygens (including phenoxy) is 2. The number of rotatable bonds is 6. The Hall–Kier alpha value is -3.86. The van der Waals surface area contributed by atoms with Crippen LogP contribution in [0.15, 0.2) is 30.6 Å². The normalized spacial score (nSPS) is 22.1. The summed E-state index contributed by atoms with van der Waals surface area (Å²) in [7, 11) is 0. The van der Waals surface area contributed by atoms with Gasteiger partial charge in [0, 0.05) is 23.9 Å². The highest BCUT2D eigenvalue weighted by Gasteiger charge is 2.55. The number of anilines is 2. The second-order valence-corrected chi connectivity index (χ2v) is 11.4.